The smallest absolute Gasteiger partial charge is 0.316 e. The number of hydrogen-bond donors (Lipinski definition) is 3. The van der Waals surface area contributed by atoms with Crippen molar-refractivity contribution >= 4 is 46.1 Å². The molecule has 0 spiro atoms. The van der Waals surface area contributed by atoms with E-state index in [1.807, 2.05) is 0 Å². The van der Waals surface area contributed by atoms with Crippen molar-refractivity contribution in [3.8, 4) is 0 Å². The summed E-state index contributed by atoms with van der Waals surface area (Å²) in [5, 5.41) is 15.7. The fraction of sp³-hybridized carbons (Fsp3) is 1.00. The Morgan fingerprint density at radius 3 is 2.00 bits per heavy atom. The second kappa shape index (κ2) is 13.5. The van der Waals surface area contributed by atoms with Gasteiger partial charge >= 0.3 is 97.4 Å². The van der Waals surface area contributed by atoms with Gasteiger partial charge in [0.15, 0.2) is 0 Å². The normalized spacial score (nSPS) is 7.50. The van der Waals surface area contributed by atoms with Crippen LogP contribution in [0.5, 0.6) is 0 Å². The molecule has 0 aromatic rings. The van der Waals surface area contributed by atoms with E-state index >= 15 is 0 Å². The third-order valence-corrected chi connectivity index (χ3v) is 3.19. The van der Waals surface area contributed by atoms with Gasteiger partial charge in [-0.15, -0.1) is 0 Å². The van der Waals surface area contributed by atoms with Gasteiger partial charge in [-0.05, 0) is 0 Å². The molecule has 3 N–H and O–H groups in total. The maximum absolute atomic E-state index is 8.53. The van der Waals surface area contributed by atoms with Crippen LogP contribution >= 0.6 is 0 Å². The van der Waals surface area contributed by atoms with Gasteiger partial charge in [0.2, 0.25) is 0 Å². The molecule has 0 aromatic carbocycles. The molecule has 0 heterocycles. The molecular weight excluding hydrogens is 218 g/mol. The van der Waals surface area contributed by atoms with E-state index < -0.39 is 16.7 Å². The van der Waals surface area contributed by atoms with Crippen LogP contribution in [-0.2, 0) is 25.3 Å². The van der Waals surface area contributed by atoms with Crippen LogP contribution in [0.25, 0.3) is 0 Å². The average molecular weight is 229 g/mol. The standard InChI is InChI=1S/C2H5O2.2Mg.H2O2.H2O.Zn.4H/c1-2-4-3;;;1-2;;;;;;/h3H,1-2H2;;;1-2H;1H2;;;;;/q;;;;;+2;;;;/p-2. The third kappa shape index (κ3) is 12.6. The zero-order chi connectivity index (χ0) is 6.41. The molecule has 0 bridgehead atoms. The fourth-order valence-electron chi connectivity index (χ4n) is 0.253. The van der Waals surface area contributed by atoms with Crippen molar-refractivity contribution in [3.63, 3.8) is 0 Å². The molecule has 0 rings (SSSR count). The first-order chi connectivity index (χ1) is 3.81. The van der Waals surface area contributed by atoms with Crippen LogP contribution in [0.15, 0.2) is 0 Å². The summed E-state index contributed by atoms with van der Waals surface area (Å²) in [6.45, 7) is 0.0249. The van der Waals surface area contributed by atoms with Gasteiger partial charge < -0.3 is 0 Å². The van der Waals surface area contributed by atoms with Gasteiger partial charge in [0.25, 0.3) is 0 Å². The van der Waals surface area contributed by atoms with E-state index in [4.69, 9.17) is 14.4 Å². The summed E-state index contributed by atoms with van der Waals surface area (Å²) in [6, 6.07) is 0. The maximum atomic E-state index is 8.53. The molecule has 0 aliphatic rings. The predicted molar refractivity (Wildman–Crippen MR) is 36.4 cm³/mol. The van der Waals surface area contributed by atoms with Crippen molar-refractivity contribution in [2.24, 2.45) is 0 Å². The molecule has 0 unspecified atom stereocenters. The van der Waals surface area contributed by atoms with Crippen LogP contribution in [0.2, 0.25) is 5.02 Å². The van der Waals surface area contributed by atoms with Crippen LogP contribution in [0.3, 0.4) is 0 Å². The first-order valence-electron chi connectivity index (χ1n) is 2.26. The second-order valence-electron chi connectivity index (χ2n) is 1.37. The van der Waals surface area contributed by atoms with Crippen LogP contribution in [0.4, 0.5) is 0 Å². The van der Waals surface area contributed by atoms with Crippen molar-refractivity contribution in [2.45, 2.75) is 5.02 Å². The Bertz CT molecular complexity index is 56.9. The van der Waals surface area contributed by atoms with E-state index in [2.05, 4.69) is 8.60 Å². The fourth-order valence-corrected chi connectivity index (χ4v) is 1.31. The van der Waals surface area contributed by atoms with E-state index in [-0.39, 0.29) is 57.7 Å². The van der Waals surface area contributed by atoms with Crippen LogP contribution in [0.1, 0.15) is 0 Å². The third-order valence-electron chi connectivity index (χ3n) is 0.687. The molecule has 0 amide bonds. The summed E-state index contributed by atoms with van der Waals surface area (Å²) in [5.41, 5.74) is 0. The summed E-state index contributed by atoms with van der Waals surface area (Å²) in [6.07, 6.45) is 0. The van der Waals surface area contributed by atoms with Crippen molar-refractivity contribution in [1.82, 2.24) is 0 Å². The molecule has 0 saturated carbocycles. The van der Waals surface area contributed by atoms with Crippen LogP contribution in [0, 0.1) is 0 Å². The molecule has 8 heteroatoms. The minimum absolute atomic E-state index is 0. The minimum atomic E-state index is -3.00. The Balaban J connectivity index is -0.000000245. The Morgan fingerprint density at radius 2 is 1.70 bits per heavy atom. The Morgan fingerprint density at radius 1 is 1.20 bits per heavy atom. The van der Waals surface area contributed by atoms with E-state index in [9.17, 15) is 0 Å². The van der Waals surface area contributed by atoms with E-state index in [0.717, 1.165) is 0 Å². The Labute approximate surface area is 96.6 Å². The molecule has 0 fully saturated rings. The Kier molecular flexibility index (Phi) is 24.2. The molecule has 0 radical (unpaired) electrons. The van der Waals surface area contributed by atoms with Crippen LogP contribution < -0.4 is 0 Å². The van der Waals surface area contributed by atoms with E-state index in [1.54, 1.807) is 0 Å². The molecule has 0 aliphatic heterocycles. The van der Waals surface area contributed by atoms with Gasteiger partial charge in [-0.2, -0.15) is 0 Å². The molecule has 55 valence electrons. The monoisotopic (exact) mass is 227 g/mol. The van der Waals surface area contributed by atoms with Crippen molar-refractivity contribution in [1.29, 1.82) is 0 Å². The topological polar surface area (TPSA) is 79.2 Å². The molecular formula is C2H11Mg2O5Zn. The van der Waals surface area contributed by atoms with Gasteiger partial charge in [0.1, 0.15) is 0 Å². The van der Waals surface area contributed by atoms with Crippen molar-refractivity contribution in [3.05, 3.63) is 0 Å². The van der Waals surface area contributed by atoms with E-state index in [0.29, 0.717) is 0 Å². The number of hydrogen-bond acceptors (Lipinski definition) is 5. The molecule has 0 aromatic heterocycles. The van der Waals surface area contributed by atoms with Gasteiger partial charge in [0, 0.05) is 0 Å². The first-order valence-corrected chi connectivity index (χ1v) is 6.90. The zero-order valence-electron chi connectivity index (χ0n) is 4.28. The average Bonchev–Trinajstić information content (AvgIpc) is 1.83. The molecule has 0 aliphatic carbocycles. The molecule has 10 heavy (non-hydrogen) atoms. The second-order valence-corrected chi connectivity index (χ2v) is 5.73. The summed E-state index contributed by atoms with van der Waals surface area (Å²) in [5.74, 6) is 0. The van der Waals surface area contributed by atoms with Crippen LogP contribution in [-0.4, -0.2) is 67.2 Å². The van der Waals surface area contributed by atoms with Gasteiger partial charge in [-0.1, -0.05) is 0 Å². The molecule has 5 nitrogen and oxygen atoms in total. The summed E-state index contributed by atoms with van der Waals surface area (Å²) < 4.78 is 12.2. The maximum Gasteiger partial charge on any atom is 0.316 e. The first kappa shape index (κ1) is 17.9. The quantitative estimate of drug-likeness (QED) is 0.295. The Hall–Kier alpha value is 1.96. The minimum Gasteiger partial charge on any atom is 0.316 e. The summed E-state index contributed by atoms with van der Waals surface area (Å²) >= 11 is -3.00. The van der Waals surface area contributed by atoms with Gasteiger partial charge in [-0.25, -0.2) is 0 Å². The predicted octanol–water partition coefficient (Wildman–Crippen LogP) is -2.01. The van der Waals surface area contributed by atoms with Crippen molar-refractivity contribution in [2.75, 3.05) is 6.61 Å². The number of rotatable bonds is 4. The SMILES string of the molecule is OOC[CH2][Zn]([OH])[O]O.[MgH2].[MgH2]. The van der Waals surface area contributed by atoms with Gasteiger partial charge in [-0.3, -0.25) is 0 Å². The molecule has 0 atom stereocenters. The zero-order valence-corrected chi connectivity index (χ0v) is 7.25. The van der Waals surface area contributed by atoms with Crippen molar-refractivity contribution < 1.29 is 39.7 Å². The summed E-state index contributed by atoms with van der Waals surface area (Å²) in [7, 11) is 0. The van der Waals surface area contributed by atoms with Gasteiger partial charge in [0.05, 0.1) is 0 Å². The largest absolute Gasteiger partial charge is 0.316 e. The summed E-state index contributed by atoms with van der Waals surface area (Å²) in [4.78, 5) is 3.62. The molecule has 0 saturated heterocycles. The van der Waals surface area contributed by atoms with E-state index in [1.165, 1.54) is 0 Å².